The van der Waals surface area contributed by atoms with Gasteiger partial charge in [-0.2, -0.15) is 0 Å². The minimum atomic E-state index is -0.0441. The van der Waals surface area contributed by atoms with E-state index < -0.39 is 0 Å². The van der Waals surface area contributed by atoms with Gasteiger partial charge in [0, 0.05) is 31.4 Å². The SMILES string of the molecule is [C-]#[N+]c1ccc(-n2[nH]c3c(c2=O)CCN(Cc2ccccc2)C3)nc1. The summed E-state index contributed by atoms with van der Waals surface area (Å²) in [5.74, 6) is 0.515. The smallest absolute Gasteiger partial charge is 0.276 e. The number of hydrogen-bond acceptors (Lipinski definition) is 3. The van der Waals surface area contributed by atoms with Crippen molar-refractivity contribution in [3.63, 3.8) is 0 Å². The van der Waals surface area contributed by atoms with E-state index in [4.69, 9.17) is 6.57 Å². The lowest BCUT2D eigenvalue weighted by molar-refractivity contribution is 0.242. The van der Waals surface area contributed by atoms with E-state index in [0.717, 1.165) is 30.8 Å². The summed E-state index contributed by atoms with van der Waals surface area (Å²) in [7, 11) is 0. The average molecular weight is 331 g/mol. The summed E-state index contributed by atoms with van der Waals surface area (Å²) in [5.41, 5.74) is 3.47. The van der Waals surface area contributed by atoms with Crippen LogP contribution in [0.25, 0.3) is 10.7 Å². The Morgan fingerprint density at radius 2 is 2.04 bits per heavy atom. The van der Waals surface area contributed by atoms with E-state index in [2.05, 4.69) is 32.0 Å². The number of nitrogens with one attached hydrogen (secondary N) is 1. The predicted octanol–water partition coefficient (Wildman–Crippen LogP) is 2.67. The van der Waals surface area contributed by atoms with Crippen molar-refractivity contribution in [3.8, 4) is 5.82 Å². The molecule has 0 unspecified atom stereocenters. The Kier molecular flexibility index (Phi) is 3.92. The second-order valence-electron chi connectivity index (χ2n) is 6.14. The maximum Gasteiger partial charge on any atom is 0.276 e. The van der Waals surface area contributed by atoms with E-state index in [1.54, 1.807) is 12.1 Å². The van der Waals surface area contributed by atoms with Crippen molar-refractivity contribution in [1.82, 2.24) is 19.7 Å². The Morgan fingerprint density at radius 3 is 2.76 bits per heavy atom. The summed E-state index contributed by atoms with van der Waals surface area (Å²) in [5, 5.41) is 3.19. The molecule has 3 heterocycles. The van der Waals surface area contributed by atoms with Crippen molar-refractivity contribution in [3.05, 3.63) is 87.3 Å². The molecule has 25 heavy (non-hydrogen) atoms. The molecular formula is C19H17N5O. The molecule has 3 aromatic rings. The van der Waals surface area contributed by atoms with Crippen molar-refractivity contribution < 1.29 is 0 Å². The van der Waals surface area contributed by atoms with Gasteiger partial charge in [-0.1, -0.05) is 36.4 Å². The van der Waals surface area contributed by atoms with Crippen LogP contribution in [0.2, 0.25) is 0 Å². The highest BCUT2D eigenvalue weighted by molar-refractivity contribution is 5.44. The standard InChI is InChI=1S/C19H17N5O/c1-20-15-7-8-18(21-11-15)24-19(25)16-9-10-23(13-17(16)22-24)12-14-5-3-2-4-6-14/h2-8,11,22H,9-10,12-13H2. The first kappa shape index (κ1) is 15.4. The fourth-order valence-electron chi connectivity index (χ4n) is 3.19. The summed E-state index contributed by atoms with van der Waals surface area (Å²) in [6.07, 6.45) is 2.21. The predicted molar refractivity (Wildman–Crippen MR) is 94.7 cm³/mol. The van der Waals surface area contributed by atoms with E-state index in [1.165, 1.54) is 16.4 Å². The summed E-state index contributed by atoms with van der Waals surface area (Å²) in [6.45, 7) is 9.43. The Morgan fingerprint density at radius 1 is 1.20 bits per heavy atom. The highest BCUT2D eigenvalue weighted by Crippen LogP contribution is 2.18. The number of hydrogen-bond donors (Lipinski definition) is 1. The second kappa shape index (κ2) is 6.38. The van der Waals surface area contributed by atoms with Gasteiger partial charge < -0.3 is 0 Å². The Balaban J connectivity index is 1.59. The van der Waals surface area contributed by atoms with Crippen LogP contribution in [0, 0.1) is 6.57 Å². The van der Waals surface area contributed by atoms with Crippen molar-refractivity contribution in [1.29, 1.82) is 0 Å². The Labute approximate surface area is 145 Å². The second-order valence-corrected chi connectivity index (χ2v) is 6.14. The van der Waals surface area contributed by atoms with Crippen LogP contribution >= 0.6 is 0 Å². The highest BCUT2D eigenvalue weighted by Gasteiger charge is 2.23. The molecule has 0 atom stereocenters. The van der Waals surface area contributed by atoms with Gasteiger partial charge in [0.15, 0.2) is 5.82 Å². The maximum absolute atomic E-state index is 12.6. The molecule has 0 saturated carbocycles. The molecule has 0 saturated heterocycles. The van der Waals surface area contributed by atoms with E-state index in [0.29, 0.717) is 18.1 Å². The quantitative estimate of drug-likeness (QED) is 0.751. The third-order valence-electron chi connectivity index (χ3n) is 4.47. The molecule has 1 aliphatic rings. The van der Waals surface area contributed by atoms with Crippen LogP contribution in [-0.4, -0.2) is 26.2 Å². The molecule has 0 spiro atoms. The first-order chi connectivity index (χ1) is 12.2. The number of H-pyrrole nitrogens is 1. The molecule has 124 valence electrons. The van der Waals surface area contributed by atoms with Crippen molar-refractivity contribution in [2.75, 3.05) is 6.54 Å². The zero-order valence-corrected chi connectivity index (χ0v) is 13.6. The van der Waals surface area contributed by atoms with Crippen LogP contribution in [-0.2, 0) is 19.5 Å². The molecule has 6 nitrogen and oxygen atoms in total. The summed E-state index contributed by atoms with van der Waals surface area (Å²) in [6, 6.07) is 13.7. The molecule has 0 amide bonds. The normalized spacial score (nSPS) is 14.0. The monoisotopic (exact) mass is 331 g/mol. The summed E-state index contributed by atoms with van der Waals surface area (Å²) >= 11 is 0. The molecule has 6 heteroatoms. The lowest BCUT2D eigenvalue weighted by Gasteiger charge is -2.25. The largest absolute Gasteiger partial charge is 0.293 e. The van der Waals surface area contributed by atoms with Crippen LogP contribution in [0.15, 0.2) is 53.5 Å². The van der Waals surface area contributed by atoms with Gasteiger partial charge in [0.05, 0.1) is 12.3 Å². The van der Waals surface area contributed by atoms with E-state index >= 15 is 0 Å². The number of rotatable bonds is 3. The van der Waals surface area contributed by atoms with Gasteiger partial charge in [0.2, 0.25) is 5.69 Å². The number of aromatic nitrogens is 3. The molecule has 1 N–H and O–H groups in total. The minimum Gasteiger partial charge on any atom is -0.293 e. The van der Waals surface area contributed by atoms with Crippen molar-refractivity contribution >= 4 is 5.69 Å². The third-order valence-corrected chi connectivity index (χ3v) is 4.47. The van der Waals surface area contributed by atoms with Gasteiger partial charge in [0.25, 0.3) is 5.56 Å². The molecule has 0 fully saturated rings. The van der Waals surface area contributed by atoms with Crippen molar-refractivity contribution in [2.45, 2.75) is 19.5 Å². The molecule has 1 aliphatic heterocycles. The highest BCUT2D eigenvalue weighted by atomic mass is 16.1. The van der Waals surface area contributed by atoms with E-state index in [9.17, 15) is 4.79 Å². The molecule has 0 aliphatic carbocycles. The molecular weight excluding hydrogens is 314 g/mol. The molecule has 2 aromatic heterocycles. The van der Waals surface area contributed by atoms with E-state index in [-0.39, 0.29) is 5.56 Å². The topological polar surface area (TPSA) is 58.3 Å². The van der Waals surface area contributed by atoms with Gasteiger partial charge in [-0.25, -0.2) is 14.5 Å². The number of nitrogens with zero attached hydrogens (tertiary/aromatic N) is 4. The lowest BCUT2D eigenvalue weighted by atomic mass is 10.1. The van der Waals surface area contributed by atoms with Gasteiger partial charge in [-0.05, 0) is 18.1 Å². The Bertz CT molecular complexity index is 979. The summed E-state index contributed by atoms with van der Waals surface area (Å²) < 4.78 is 1.48. The first-order valence-electron chi connectivity index (χ1n) is 8.17. The van der Waals surface area contributed by atoms with Crippen LogP contribution in [0.4, 0.5) is 5.69 Å². The van der Waals surface area contributed by atoms with Crippen molar-refractivity contribution in [2.24, 2.45) is 0 Å². The average Bonchev–Trinajstić information content (AvgIpc) is 2.99. The zero-order valence-electron chi connectivity index (χ0n) is 13.6. The molecule has 0 bridgehead atoms. The number of aromatic amines is 1. The molecule has 1 aromatic carbocycles. The number of pyridine rings is 1. The fraction of sp³-hybridized carbons (Fsp3) is 0.211. The lowest BCUT2D eigenvalue weighted by Crippen LogP contribution is -2.31. The van der Waals surface area contributed by atoms with Gasteiger partial charge >= 0.3 is 0 Å². The Hall–Kier alpha value is -3.17. The van der Waals surface area contributed by atoms with Gasteiger partial charge in [-0.15, -0.1) is 0 Å². The summed E-state index contributed by atoms with van der Waals surface area (Å²) in [4.78, 5) is 22.5. The van der Waals surface area contributed by atoms with Crippen LogP contribution < -0.4 is 5.56 Å². The fourth-order valence-corrected chi connectivity index (χ4v) is 3.19. The number of benzene rings is 1. The third kappa shape index (κ3) is 2.97. The minimum absolute atomic E-state index is 0.0441. The van der Waals surface area contributed by atoms with Crippen LogP contribution in [0.3, 0.4) is 0 Å². The van der Waals surface area contributed by atoms with Crippen LogP contribution in [0.1, 0.15) is 16.8 Å². The van der Waals surface area contributed by atoms with E-state index in [1.807, 2.05) is 18.2 Å². The first-order valence-corrected chi connectivity index (χ1v) is 8.17. The molecule has 4 rings (SSSR count). The van der Waals surface area contributed by atoms with Gasteiger partial charge in [0.1, 0.15) is 0 Å². The number of fused-ring (bicyclic) bond motifs is 1. The van der Waals surface area contributed by atoms with Crippen LogP contribution in [0.5, 0.6) is 0 Å². The molecule has 0 radical (unpaired) electrons. The maximum atomic E-state index is 12.6. The van der Waals surface area contributed by atoms with Gasteiger partial charge in [-0.3, -0.25) is 14.8 Å². The zero-order chi connectivity index (χ0) is 17.2.